The Balaban J connectivity index is 1.02. The van der Waals surface area contributed by atoms with Crippen LogP contribution in [-0.4, -0.2) is 4.57 Å². The van der Waals surface area contributed by atoms with Crippen LogP contribution in [0.5, 0.6) is 0 Å². The first kappa shape index (κ1) is 40.4. The predicted octanol–water partition coefficient (Wildman–Crippen LogP) is 16.9. The molecule has 2 heteroatoms. The Kier molecular flexibility index (Phi) is 9.55. The molecule has 1 aromatic heterocycles. The van der Waals surface area contributed by atoms with Crippen molar-refractivity contribution in [3.63, 3.8) is 0 Å². The van der Waals surface area contributed by atoms with Gasteiger partial charge in [0, 0.05) is 33.5 Å². The van der Waals surface area contributed by atoms with Crippen molar-refractivity contribution in [1.82, 2.24) is 4.57 Å². The number of para-hydroxylation sites is 1. The van der Waals surface area contributed by atoms with Gasteiger partial charge in [0.15, 0.2) is 0 Å². The minimum absolute atomic E-state index is 0.0805. The van der Waals surface area contributed by atoms with E-state index in [9.17, 15) is 0 Å². The molecule has 0 N–H and O–H groups in total. The van der Waals surface area contributed by atoms with Crippen LogP contribution in [0.1, 0.15) is 74.9 Å². The Labute approximate surface area is 384 Å². The summed E-state index contributed by atoms with van der Waals surface area (Å²) in [6.07, 6.45) is 0. The molecule has 0 atom stereocenters. The summed E-state index contributed by atoms with van der Waals surface area (Å²) in [5, 5.41) is 2.48. The lowest BCUT2D eigenvalue weighted by Gasteiger charge is -2.34. The molecule has 0 saturated carbocycles. The number of hydrogen-bond acceptors (Lipinski definition) is 1. The van der Waals surface area contributed by atoms with Gasteiger partial charge in [-0.2, -0.15) is 0 Å². The minimum atomic E-state index is -0.468. The fraction of sp³-hybridized carbons (Fsp3) is 0.143. The van der Waals surface area contributed by atoms with Gasteiger partial charge in [-0.3, -0.25) is 0 Å². The van der Waals surface area contributed by atoms with E-state index in [-0.39, 0.29) is 10.8 Å². The van der Waals surface area contributed by atoms with E-state index in [0.29, 0.717) is 0 Å². The molecule has 0 radical (unpaired) electrons. The summed E-state index contributed by atoms with van der Waals surface area (Å²) in [5.74, 6) is 0. The average molecular weight is 839 g/mol. The van der Waals surface area contributed by atoms with Gasteiger partial charge in [-0.25, -0.2) is 0 Å². The highest BCUT2D eigenvalue weighted by molar-refractivity contribution is 6.10. The van der Waals surface area contributed by atoms with Crippen LogP contribution in [0, 0.1) is 0 Å². The van der Waals surface area contributed by atoms with Crippen molar-refractivity contribution in [2.75, 3.05) is 4.90 Å². The van der Waals surface area contributed by atoms with Crippen molar-refractivity contribution >= 4 is 38.9 Å². The number of nitrogens with zero attached hydrogens (tertiary/aromatic N) is 2. The van der Waals surface area contributed by atoms with E-state index in [1.54, 1.807) is 0 Å². The maximum Gasteiger partial charge on any atom is 0.0714 e. The van der Waals surface area contributed by atoms with E-state index >= 15 is 0 Å². The smallest absolute Gasteiger partial charge is 0.0714 e. The molecule has 0 aliphatic heterocycles. The van der Waals surface area contributed by atoms with Crippen molar-refractivity contribution in [2.24, 2.45) is 0 Å². The summed E-state index contributed by atoms with van der Waals surface area (Å²) in [7, 11) is 0. The van der Waals surface area contributed by atoms with Gasteiger partial charge in [0.1, 0.15) is 0 Å². The van der Waals surface area contributed by atoms with Crippen LogP contribution < -0.4 is 4.90 Å². The van der Waals surface area contributed by atoms with Gasteiger partial charge in [0.2, 0.25) is 0 Å². The van der Waals surface area contributed by atoms with Crippen LogP contribution in [0.3, 0.4) is 0 Å². The van der Waals surface area contributed by atoms with Crippen molar-refractivity contribution in [2.45, 2.75) is 57.8 Å². The lowest BCUT2D eigenvalue weighted by atomic mass is 9.67. The molecular weight excluding hydrogens is 785 g/mol. The van der Waals surface area contributed by atoms with E-state index in [4.69, 9.17) is 0 Å². The topological polar surface area (TPSA) is 8.17 Å². The van der Waals surface area contributed by atoms with Crippen molar-refractivity contribution < 1.29 is 0 Å². The number of fused-ring (bicyclic) bond motifs is 6. The molecule has 0 amide bonds. The van der Waals surface area contributed by atoms with Crippen molar-refractivity contribution in [3.05, 3.63) is 252 Å². The summed E-state index contributed by atoms with van der Waals surface area (Å²) in [4.78, 5) is 2.37. The van der Waals surface area contributed by atoms with Crippen LogP contribution in [0.4, 0.5) is 17.1 Å². The molecule has 2 nitrogen and oxygen atoms in total. The van der Waals surface area contributed by atoms with Crippen LogP contribution in [0.2, 0.25) is 0 Å². The standard InChI is InChI=1S/C63H54N2/c1-61(2,3)45-28-34-50(35-29-45)64(51-36-30-46(31-37-51)62(4,5)6)49-32-25-43(26-33-49)44-27-40-60-56(41-44)55-22-14-16-24-59(55)65(60)52-38-39-54-53-21-13-15-23-57(53)63(58(54)42-52,47-17-9-7-10-18-47)48-19-11-8-12-20-48/h7-42H,1-6H3. The molecule has 10 aromatic rings. The van der Waals surface area contributed by atoms with Crippen molar-refractivity contribution in [3.8, 4) is 27.9 Å². The van der Waals surface area contributed by atoms with Gasteiger partial charge in [-0.15, -0.1) is 0 Å². The zero-order valence-corrected chi connectivity index (χ0v) is 38.2. The normalized spacial score (nSPS) is 13.2. The van der Waals surface area contributed by atoms with Gasteiger partial charge in [0.25, 0.3) is 0 Å². The Hall–Kier alpha value is -7.42. The van der Waals surface area contributed by atoms with E-state index in [1.807, 2.05) is 0 Å². The van der Waals surface area contributed by atoms with Crippen LogP contribution in [0.15, 0.2) is 218 Å². The molecule has 0 unspecified atom stereocenters. The highest BCUT2D eigenvalue weighted by Crippen LogP contribution is 2.56. The monoisotopic (exact) mass is 838 g/mol. The average Bonchev–Trinajstić information content (AvgIpc) is 3.82. The molecule has 11 rings (SSSR count). The number of aromatic nitrogens is 1. The van der Waals surface area contributed by atoms with Crippen LogP contribution in [0.25, 0.3) is 49.7 Å². The maximum atomic E-state index is 2.47. The first-order valence-corrected chi connectivity index (χ1v) is 23.0. The largest absolute Gasteiger partial charge is 0.311 e. The summed E-state index contributed by atoms with van der Waals surface area (Å²) in [6.45, 7) is 13.6. The number of benzene rings is 9. The third-order valence-electron chi connectivity index (χ3n) is 13.8. The SMILES string of the molecule is CC(C)(C)c1ccc(N(c2ccc(-c3ccc4c(c3)c3ccccc3n4-c3ccc4c(c3)C(c3ccccc3)(c3ccccc3)c3ccccc3-4)cc2)c2ccc(C(C)(C)C)cc2)cc1. The summed E-state index contributed by atoms with van der Waals surface area (Å²) >= 11 is 0. The second kappa shape index (κ2) is 15.4. The first-order chi connectivity index (χ1) is 31.5. The third-order valence-corrected chi connectivity index (χ3v) is 13.8. The van der Waals surface area contributed by atoms with Crippen molar-refractivity contribution in [1.29, 1.82) is 0 Å². The second-order valence-electron chi connectivity index (χ2n) is 19.8. The first-order valence-electron chi connectivity index (χ1n) is 23.0. The molecule has 1 aliphatic carbocycles. The zero-order chi connectivity index (χ0) is 44.5. The van der Waals surface area contributed by atoms with Gasteiger partial charge >= 0.3 is 0 Å². The molecular formula is C63H54N2. The molecule has 1 aliphatic rings. The van der Waals surface area contributed by atoms with E-state index in [0.717, 1.165) is 22.7 Å². The third kappa shape index (κ3) is 6.70. The van der Waals surface area contributed by atoms with Crippen LogP contribution in [-0.2, 0) is 16.2 Å². The van der Waals surface area contributed by atoms with Gasteiger partial charge < -0.3 is 9.47 Å². The molecule has 9 aromatic carbocycles. The van der Waals surface area contributed by atoms with Gasteiger partial charge in [0.05, 0.1) is 16.4 Å². The Bertz CT molecular complexity index is 3250. The number of hydrogen-bond donors (Lipinski definition) is 0. The van der Waals surface area contributed by atoms with E-state index < -0.39 is 5.41 Å². The molecule has 316 valence electrons. The summed E-state index contributed by atoms with van der Waals surface area (Å²) in [6, 6.07) is 81.4. The summed E-state index contributed by atoms with van der Waals surface area (Å²) < 4.78 is 2.47. The fourth-order valence-electron chi connectivity index (χ4n) is 10.5. The molecule has 0 spiro atoms. The minimum Gasteiger partial charge on any atom is -0.311 e. The highest BCUT2D eigenvalue weighted by Gasteiger charge is 2.46. The zero-order valence-electron chi connectivity index (χ0n) is 38.2. The predicted molar refractivity (Wildman–Crippen MR) is 276 cm³/mol. The Morgan fingerprint density at radius 3 is 1.43 bits per heavy atom. The number of anilines is 3. The second-order valence-corrected chi connectivity index (χ2v) is 19.8. The van der Waals surface area contributed by atoms with Gasteiger partial charge in [-0.05, 0) is 133 Å². The van der Waals surface area contributed by atoms with E-state index in [2.05, 4.69) is 269 Å². The molecule has 65 heavy (non-hydrogen) atoms. The maximum absolute atomic E-state index is 2.47. The van der Waals surface area contributed by atoms with E-state index in [1.165, 1.54) is 77.4 Å². The molecule has 0 fully saturated rings. The molecule has 1 heterocycles. The lowest BCUT2D eigenvalue weighted by Crippen LogP contribution is -2.28. The summed E-state index contributed by atoms with van der Waals surface area (Å²) in [5.41, 5.74) is 19.4. The highest BCUT2D eigenvalue weighted by atomic mass is 15.1. The van der Waals surface area contributed by atoms with Crippen LogP contribution >= 0.6 is 0 Å². The molecule has 0 saturated heterocycles. The Morgan fingerprint density at radius 2 is 0.846 bits per heavy atom. The van der Waals surface area contributed by atoms with Gasteiger partial charge in [-0.1, -0.05) is 193 Å². The number of rotatable bonds is 7. The Morgan fingerprint density at radius 1 is 0.369 bits per heavy atom. The lowest BCUT2D eigenvalue weighted by molar-refractivity contribution is 0.590. The quantitative estimate of drug-likeness (QED) is 0.155. The molecule has 0 bridgehead atoms. The fourth-order valence-corrected chi connectivity index (χ4v) is 10.5.